The van der Waals surface area contributed by atoms with Crippen LogP contribution in [-0.4, -0.2) is 9.13 Å². The number of alkyl halides is 3. The van der Waals surface area contributed by atoms with Crippen molar-refractivity contribution < 1.29 is 13.2 Å². The average molecular weight is 848 g/mol. The Labute approximate surface area is 374 Å². The molecule has 0 unspecified atom stereocenters. The van der Waals surface area contributed by atoms with Crippen molar-refractivity contribution in [1.29, 1.82) is 0 Å². The van der Waals surface area contributed by atoms with E-state index >= 15 is 0 Å². The van der Waals surface area contributed by atoms with E-state index in [9.17, 15) is 13.2 Å². The number of rotatable bonds is 6. The van der Waals surface area contributed by atoms with Gasteiger partial charge in [0.1, 0.15) is 0 Å². The van der Waals surface area contributed by atoms with Gasteiger partial charge in [-0.15, -0.1) is 0 Å². The Kier molecular flexibility index (Phi) is 9.34. The average Bonchev–Trinajstić information content (AvgIpc) is 3.83. The first-order valence-electron chi connectivity index (χ1n) is 21.6. The minimum Gasteiger partial charge on any atom is -0.309 e. The highest BCUT2D eigenvalue weighted by Gasteiger charge is 2.34. The maximum Gasteiger partial charge on any atom is 0.417 e. The molecule has 0 saturated heterocycles. The summed E-state index contributed by atoms with van der Waals surface area (Å²) in [5.41, 5.74) is 14.3. The van der Waals surface area contributed by atoms with Gasteiger partial charge in [0.25, 0.3) is 0 Å². The zero-order valence-electron chi connectivity index (χ0n) is 35.9. The highest BCUT2D eigenvalue weighted by atomic mass is 19.4. The molecule has 2 aromatic heterocycles. The predicted molar refractivity (Wildman–Crippen MR) is 262 cm³/mol. The lowest BCUT2D eigenvalue weighted by Crippen LogP contribution is -2.08. The van der Waals surface area contributed by atoms with Crippen LogP contribution in [0.25, 0.3) is 104 Å². The van der Waals surface area contributed by atoms with Crippen LogP contribution in [0.3, 0.4) is 0 Å². The van der Waals surface area contributed by atoms with Crippen LogP contribution in [0.15, 0.2) is 188 Å². The van der Waals surface area contributed by atoms with Crippen LogP contribution >= 0.6 is 0 Å². The van der Waals surface area contributed by atoms with E-state index in [0.717, 1.165) is 77.7 Å². The molecule has 9 aromatic carbocycles. The highest BCUT2D eigenvalue weighted by molar-refractivity contribution is 6.12. The molecule has 11 rings (SSSR count). The maximum atomic E-state index is 14.8. The monoisotopic (exact) mass is 847 g/mol. The van der Waals surface area contributed by atoms with Crippen molar-refractivity contribution in [1.82, 2.24) is 9.13 Å². The maximum absolute atomic E-state index is 14.8. The van der Waals surface area contributed by atoms with E-state index in [1.54, 1.807) is 19.1 Å². The first-order valence-corrected chi connectivity index (χ1v) is 21.6. The first-order chi connectivity index (χ1) is 31.6. The number of halogens is 3. The van der Waals surface area contributed by atoms with E-state index in [1.807, 2.05) is 66.7 Å². The molecular formula is C59H40F3N3. The highest BCUT2D eigenvalue weighted by Crippen LogP contribution is 2.46. The Bertz CT molecular complexity index is 3760. The predicted octanol–water partition coefficient (Wildman–Crippen LogP) is 17.0. The summed E-state index contributed by atoms with van der Waals surface area (Å²) in [6, 6.07) is 62.1. The van der Waals surface area contributed by atoms with Crippen LogP contribution in [0.5, 0.6) is 0 Å². The van der Waals surface area contributed by atoms with Crippen LogP contribution in [0.1, 0.15) is 22.3 Å². The summed E-state index contributed by atoms with van der Waals surface area (Å²) >= 11 is 0. The SMILES string of the molecule is [C-]#[N+]c1ccc(-n2c3ccccc3c3cc(-c4ccccc4C)ccc32)cc1-c1cc(-c2c(C)cccc2C(F)(F)F)ccc1-n1c2ccccc2c2cc(-c3ccccc3C)ccc21. The molecule has 312 valence electrons. The van der Waals surface area contributed by atoms with Gasteiger partial charge in [0.2, 0.25) is 0 Å². The summed E-state index contributed by atoms with van der Waals surface area (Å²) in [6.45, 7) is 14.5. The second kappa shape index (κ2) is 15.3. The van der Waals surface area contributed by atoms with Gasteiger partial charge in [0, 0.05) is 27.2 Å². The van der Waals surface area contributed by atoms with Gasteiger partial charge in [-0.3, -0.25) is 0 Å². The van der Waals surface area contributed by atoms with Crippen molar-refractivity contribution >= 4 is 49.3 Å². The summed E-state index contributed by atoms with van der Waals surface area (Å²) in [4.78, 5) is 4.08. The molecule has 0 fully saturated rings. The fourth-order valence-corrected chi connectivity index (χ4v) is 9.98. The number of para-hydroxylation sites is 2. The molecule has 0 aliphatic heterocycles. The van der Waals surface area contributed by atoms with E-state index in [4.69, 9.17) is 6.57 Å². The summed E-state index contributed by atoms with van der Waals surface area (Å²) in [5.74, 6) is 0. The van der Waals surface area contributed by atoms with Crippen molar-refractivity contribution in [2.45, 2.75) is 26.9 Å². The molecule has 0 amide bonds. The molecule has 0 saturated carbocycles. The summed E-state index contributed by atoms with van der Waals surface area (Å²) in [6.07, 6.45) is -4.58. The van der Waals surface area contributed by atoms with Crippen molar-refractivity contribution in [3.63, 3.8) is 0 Å². The third-order valence-electron chi connectivity index (χ3n) is 13.0. The standard InChI is InChI=1S/C59H40F3N3/c1-36-14-5-7-17-43(36)39-24-29-55-48(32-39)45-19-9-11-22-53(45)64(55)42-27-28-52(63-4)47(35-42)50-34-41(58-38(3)16-13-21-51(58)59(60,61)62)26-31-57(50)65-54-23-12-10-20-46(54)49-33-40(25-30-56(49)65)44-18-8-6-15-37(44)2/h5-35H,1-3H3. The van der Waals surface area contributed by atoms with Crippen molar-refractivity contribution in [3.05, 3.63) is 222 Å². The van der Waals surface area contributed by atoms with E-state index < -0.39 is 11.7 Å². The van der Waals surface area contributed by atoms with Gasteiger partial charge in [0.05, 0.1) is 39.9 Å². The van der Waals surface area contributed by atoms with E-state index in [0.29, 0.717) is 27.9 Å². The zero-order chi connectivity index (χ0) is 44.6. The third-order valence-corrected chi connectivity index (χ3v) is 13.0. The Hall–Kier alpha value is -8.14. The molecule has 0 aliphatic rings. The van der Waals surface area contributed by atoms with Gasteiger partial charge < -0.3 is 9.13 Å². The zero-order valence-corrected chi connectivity index (χ0v) is 35.9. The molecular weight excluding hydrogens is 808 g/mol. The quantitative estimate of drug-likeness (QED) is 0.148. The minimum absolute atomic E-state index is 0.116. The lowest BCUT2D eigenvalue weighted by molar-refractivity contribution is -0.137. The topological polar surface area (TPSA) is 14.2 Å². The number of hydrogen-bond donors (Lipinski definition) is 0. The van der Waals surface area contributed by atoms with E-state index in [1.165, 1.54) is 22.8 Å². The number of fused-ring (bicyclic) bond motifs is 6. The largest absolute Gasteiger partial charge is 0.417 e. The molecule has 0 N–H and O–H groups in total. The number of aromatic nitrogens is 2. The van der Waals surface area contributed by atoms with Crippen LogP contribution < -0.4 is 0 Å². The number of nitrogens with zero attached hydrogens (tertiary/aromatic N) is 3. The van der Waals surface area contributed by atoms with Crippen molar-refractivity contribution in [2.24, 2.45) is 0 Å². The first kappa shape index (κ1) is 39.7. The van der Waals surface area contributed by atoms with Crippen molar-refractivity contribution in [3.8, 4) is 55.9 Å². The normalized spacial score (nSPS) is 11.8. The second-order valence-corrected chi connectivity index (χ2v) is 16.8. The van der Waals surface area contributed by atoms with Gasteiger partial charge in [-0.05, 0) is 149 Å². The van der Waals surface area contributed by atoms with Gasteiger partial charge in [-0.1, -0.05) is 121 Å². The Balaban J connectivity index is 1.20. The van der Waals surface area contributed by atoms with E-state index in [-0.39, 0.29) is 5.56 Å². The van der Waals surface area contributed by atoms with Crippen LogP contribution in [0.4, 0.5) is 18.9 Å². The molecule has 65 heavy (non-hydrogen) atoms. The summed E-state index contributed by atoms with van der Waals surface area (Å²) < 4.78 is 49.0. The minimum atomic E-state index is -4.58. The second-order valence-electron chi connectivity index (χ2n) is 16.8. The lowest BCUT2D eigenvalue weighted by Gasteiger charge is -2.20. The molecule has 0 radical (unpaired) electrons. The third kappa shape index (κ3) is 6.50. The van der Waals surface area contributed by atoms with Crippen LogP contribution in [-0.2, 0) is 6.18 Å². The molecule has 0 aliphatic carbocycles. The Morgan fingerprint density at radius 3 is 1.54 bits per heavy atom. The molecule has 0 atom stereocenters. The fraction of sp³-hybridized carbons (Fsp3) is 0.0678. The smallest absolute Gasteiger partial charge is 0.309 e. The molecule has 6 heteroatoms. The van der Waals surface area contributed by atoms with Gasteiger partial charge in [0.15, 0.2) is 5.69 Å². The molecule has 0 spiro atoms. The molecule has 3 nitrogen and oxygen atoms in total. The Morgan fingerprint density at radius 1 is 0.415 bits per heavy atom. The number of hydrogen-bond acceptors (Lipinski definition) is 0. The summed E-state index contributed by atoms with van der Waals surface area (Å²) in [5, 5.41) is 4.27. The number of benzene rings is 9. The molecule has 2 heterocycles. The van der Waals surface area contributed by atoms with Gasteiger partial charge in [-0.25, -0.2) is 4.85 Å². The lowest BCUT2D eigenvalue weighted by atomic mass is 9.91. The Morgan fingerprint density at radius 2 is 0.938 bits per heavy atom. The number of aryl methyl sites for hydroxylation is 3. The van der Waals surface area contributed by atoms with Crippen LogP contribution in [0, 0.1) is 27.3 Å². The van der Waals surface area contributed by atoms with Crippen LogP contribution in [0.2, 0.25) is 0 Å². The molecule has 0 bridgehead atoms. The molecule has 11 aromatic rings. The van der Waals surface area contributed by atoms with Gasteiger partial charge >= 0.3 is 6.18 Å². The summed E-state index contributed by atoms with van der Waals surface area (Å²) in [7, 11) is 0. The van der Waals surface area contributed by atoms with E-state index in [2.05, 4.69) is 125 Å². The fourth-order valence-electron chi connectivity index (χ4n) is 9.98. The van der Waals surface area contributed by atoms with Crippen molar-refractivity contribution in [2.75, 3.05) is 0 Å². The van der Waals surface area contributed by atoms with Gasteiger partial charge in [-0.2, -0.15) is 13.2 Å².